The number of hydrogen-bond acceptors (Lipinski definition) is 7. The summed E-state index contributed by atoms with van der Waals surface area (Å²) in [6, 6.07) is 5.29. The van der Waals surface area contributed by atoms with Gasteiger partial charge in [-0.05, 0) is 19.4 Å². The molecular formula is C19H20N2O8. The third-order valence-corrected chi connectivity index (χ3v) is 4.76. The maximum Gasteiger partial charge on any atom is 0.332 e. The van der Waals surface area contributed by atoms with Crippen LogP contribution >= 0.6 is 0 Å². The summed E-state index contributed by atoms with van der Waals surface area (Å²) < 4.78 is 10.7. The van der Waals surface area contributed by atoms with Crippen molar-refractivity contribution < 1.29 is 38.6 Å². The Hall–Kier alpha value is -3.11. The molecule has 1 saturated heterocycles. The van der Waals surface area contributed by atoms with Gasteiger partial charge >= 0.3 is 5.97 Å². The van der Waals surface area contributed by atoms with Crippen molar-refractivity contribution in [2.75, 3.05) is 13.2 Å². The van der Waals surface area contributed by atoms with E-state index in [4.69, 9.17) is 14.6 Å². The van der Waals surface area contributed by atoms with E-state index >= 15 is 0 Å². The Kier molecular flexibility index (Phi) is 6.04. The number of aliphatic carboxylic acids is 1. The van der Waals surface area contributed by atoms with Gasteiger partial charge in [0.1, 0.15) is 6.04 Å². The standard InChI is InChI=1S/C19H20N2O8/c1-10(19(26)27)28-8-9-29-15-11-4-2-3-5-12(11)17(24)21(18(15)25)13-6-7-14(22)20-16(13)23/h2-5,10,13,15H,6-9H2,1H3,(H,26,27)(H,20,22,23). The highest BCUT2D eigenvalue weighted by atomic mass is 16.5. The van der Waals surface area contributed by atoms with Crippen molar-refractivity contribution in [3.63, 3.8) is 0 Å². The Morgan fingerprint density at radius 1 is 1.24 bits per heavy atom. The molecule has 0 radical (unpaired) electrons. The molecule has 0 aliphatic carbocycles. The number of fused-ring (bicyclic) bond motifs is 1. The van der Waals surface area contributed by atoms with Crippen LogP contribution < -0.4 is 5.32 Å². The van der Waals surface area contributed by atoms with E-state index in [0.29, 0.717) is 5.56 Å². The van der Waals surface area contributed by atoms with Crippen molar-refractivity contribution in [2.45, 2.75) is 38.0 Å². The number of piperidine rings is 1. The summed E-state index contributed by atoms with van der Waals surface area (Å²) in [6.45, 7) is 1.19. The highest BCUT2D eigenvalue weighted by Crippen LogP contribution is 2.32. The second-order valence-electron chi connectivity index (χ2n) is 6.67. The number of carboxylic acids is 1. The molecule has 2 aliphatic rings. The quantitative estimate of drug-likeness (QED) is 0.479. The van der Waals surface area contributed by atoms with Gasteiger partial charge in [0.25, 0.3) is 11.8 Å². The average Bonchev–Trinajstić information content (AvgIpc) is 2.68. The number of nitrogens with one attached hydrogen (secondary N) is 1. The number of benzene rings is 1. The molecule has 2 aliphatic heterocycles. The van der Waals surface area contributed by atoms with Gasteiger partial charge in [-0.3, -0.25) is 29.4 Å². The molecule has 1 aromatic carbocycles. The lowest BCUT2D eigenvalue weighted by Crippen LogP contribution is -2.59. The monoisotopic (exact) mass is 404 g/mol. The fourth-order valence-corrected chi connectivity index (χ4v) is 3.26. The zero-order valence-electron chi connectivity index (χ0n) is 15.6. The van der Waals surface area contributed by atoms with Crippen molar-refractivity contribution in [3.05, 3.63) is 35.4 Å². The molecule has 0 spiro atoms. The fourth-order valence-electron chi connectivity index (χ4n) is 3.26. The van der Waals surface area contributed by atoms with Gasteiger partial charge in [0, 0.05) is 17.5 Å². The molecule has 10 heteroatoms. The van der Waals surface area contributed by atoms with E-state index in [-0.39, 0.29) is 31.6 Å². The van der Waals surface area contributed by atoms with Crippen LogP contribution in [0, 0.1) is 0 Å². The van der Waals surface area contributed by atoms with E-state index < -0.39 is 47.8 Å². The van der Waals surface area contributed by atoms with Gasteiger partial charge in [-0.1, -0.05) is 18.2 Å². The molecule has 2 heterocycles. The van der Waals surface area contributed by atoms with Crippen LogP contribution in [0.5, 0.6) is 0 Å². The minimum Gasteiger partial charge on any atom is -0.479 e. The van der Waals surface area contributed by atoms with Crippen LogP contribution in [0.15, 0.2) is 24.3 Å². The molecule has 3 rings (SSSR count). The number of ether oxygens (including phenoxy) is 2. The first-order valence-corrected chi connectivity index (χ1v) is 9.07. The van der Waals surface area contributed by atoms with Gasteiger partial charge < -0.3 is 14.6 Å². The van der Waals surface area contributed by atoms with Crippen LogP contribution in [-0.2, 0) is 28.7 Å². The van der Waals surface area contributed by atoms with Crippen LogP contribution in [0.1, 0.15) is 41.8 Å². The van der Waals surface area contributed by atoms with Crippen LogP contribution in [0.2, 0.25) is 0 Å². The molecule has 154 valence electrons. The number of carbonyl (C=O) groups is 5. The van der Waals surface area contributed by atoms with E-state index in [0.717, 1.165) is 4.90 Å². The summed E-state index contributed by atoms with van der Waals surface area (Å²) >= 11 is 0. The minimum absolute atomic E-state index is 0.0154. The summed E-state index contributed by atoms with van der Waals surface area (Å²) in [6.07, 6.45) is -2.13. The Bertz CT molecular complexity index is 868. The van der Waals surface area contributed by atoms with E-state index in [1.165, 1.54) is 13.0 Å². The summed E-state index contributed by atoms with van der Waals surface area (Å²) in [4.78, 5) is 61.2. The summed E-state index contributed by atoms with van der Waals surface area (Å²) in [7, 11) is 0. The lowest BCUT2D eigenvalue weighted by molar-refractivity contribution is -0.155. The fraction of sp³-hybridized carbons (Fsp3) is 0.421. The second kappa shape index (κ2) is 8.50. The largest absolute Gasteiger partial charge is 0.479 e. The molecule has 0 aromatic heterocycles. The topological polar surface area (TPSA) is 139 Å². The summed E-state index contributed by atoms with van der Waals surface area (Å²) in [5.41, 5.74) is 0.582. The highest BCUT2D eigenvalue weighted by Gasteiger charge is 2.46. The zero-order chi connectivity index (χ0) is 21.1. The van der Waals surface area contributed by atoms with Gasteiger partial charge in [0.15, 0.2) is 12.2 Å². The zero-order valence-corrected chi connectivity index (χ0v) is 15.6. The maximum absolute atomic E-state index is 13.0. The number of carbonyl (C=O) groups excluding carboxylic acids is 4. The number of amides is 4. The SMILES string of the molecule is CC(OCCOC1C(=O)N(C2CCC(=O)NC2=O)C(=O)c2ccccc21)C(=O)O. The number of rotatable bonds is 7. The predicted molar refractivity (Wildman–Crippen MR) is 95.5 cm³/mol. The van der Waals surface area contributed by atoms with Crippen LogP contribution in [-0.4, -0.2) is 65.0 Å². The first-order valence-electron chi connectivity index (χ1n) is 9.07. The van der Waals surface area contributed by atoms with Crippen molar-refractivity contribution in [1.82, 2.24) is 10.2 Å². The van der Waals surface area contributed by atoms with Crippen molar-refractivity contribution in [2.24, 2.45) is 0 Å². The molecule has 3 atom stereocenters. The summed E-state index contributed by atoms with van der Waals surface area (Å²) in [5.74, 6) is -3.63. The smallest absolute Gasteiger partial charge is 0.332 e. The highest BCUT2D eigenvalue weighted by molar-refractivity contribution is 6.14. The third kappa shape index (κ3) is 4.17. The molecular weight excluding hydrogens is 384 g/mol. The van der Waals surface area contributed by atoms with Crippen molar-refractivity contribution in [1.29, 1.82) is 0 Å². The van der Waals surface area contributed by atoms with Crippen LogP contribution in [0.3, 0.4) is 0 Å². The Morgan fingerprint density at radius 2 is 1.97 bits per heavy atom. The normalized spacial score (nSPS) is 22.9. The molecule has 3 unspecified atom stereocenters. The molecule has 0 bridgehead atoms. The third-order valence-electron chi connectivity index (χ3n) is 4.76. The van der Waals surface area contributed by atoms with Crippen LogP contribution in [0.25, 0.3) is 0 Å². The number of nitrogens with zero attached hydrogens (tertiary/aromatic N) is 1. The van der Waals surface area contributed by atoms with Gasteiger partial charge in [-0.15, -0.1) is 0 Å². The van der Waals surface area contributed by atoms with Gasteiger partial charge in [-0.2, -0.15) is 0 Å². The minimum atomic E-state index is -1.15. The number of hydrogen-bond donors (Lipinski definition) is 2. The van der Waals surface area contributed by atoms with Gasteiger partial charge in [0.2, 0.25) is 11.8 Å². The molecule has 29 heavy (non-hydrogen) atoms. The van der Waals surface area contributed by atoms with Crippen molar-refractivity contribution >= 4 is 29.6 Å². The molecule has 0 saturated carbocycles. The number of carboxylic acid groups (broad SMARTS) is 1. The molecule has 10 nitrogen and oxygen atoms in total. The number of imide groups is 2. The molecule has 1 aromatic rings. The average molecular weight is 404 g/mol. The van der Waals surface area contributed by atoms with Crippen molar-refractivity contribution in [3.8, 4) is 0 Å². The Balaban J connectivity index is 1.80. The van der Waals surface area contributed by atoms with E-state index in [9.17, 15) is 24.0 Å². The molecule has 1 fully saturated rings. The summed E-state index contributed by atoms with van der Waals surface area (Å²) in [5, 5.41) is 11.0. The lowest BCUT2D eigenvalue weighted by Gasteiger charge is -2.37. The predicted octanol–water partition coefficient (Wildman–Crippen LogP) is 0.0216. The van der Waals surface area contributed by atoms with E-state index in [1.54, 1.807) is 18.2 Å². The Labute approximate surface area is 165 Å². The molecule has 2 N–H and O–H groups in total. The van der Waals surface area contributed by atoms with E-state index in [2.05, 4.69) is 5.32 Å². The first-order chi connectivity index (χ1) is 13.8. The maximum atomic E-state index is 13.0. The van der Waals surface area contributed by atoms with Gasteiger partial charge in [-0.25, -0.2) is 4.79 Å². The van der Waals surface area contributed by atoms with E-state index in [1.807, 2.05) is 0 Å². The lowest BCUT2D eigenvalue weighted by atomic mass is 9.92. The van der Waals surface area contributed by atoms with Gasteiger partial charge in [0.05, 0.1) is 13.2 Å². The molecule has 4 amide bonds. The second-order valence-corrected chi connectivity index (χ2v) is 6.67. The first kappa shape index (κ1) is 20.6. The Morgan fingerprint density at radius 3 is 2.66 bits per heavy atom. The van der Waals surface area contributed by atoms with Crippen LogP contribution in [0.4, 0.5) is 0 Å².